The van der Waals surface area contributed by atoms with Crippen LogP contribution in [0.5, 0.6) is 23.0 Å². The SMILES string of the molecule is N#Cc1cccc(Oc2ccc3c(c2)OCO3)c1C#N. The molecule has 0 radical (unpaired) electrons. The number of ether oxygens (including phenoxy) is 3. The van der Waals surface area contributed by atoms with Crippen LogP contribution in [0.25, 0.3) is 0 Å². The van der Waals surface area contributed by atoms with Crippen molar-refractivity contribution in [3.8, 4) is 35.1 Å². The molecule has 0 atom stereocenters. The number of rotatable bonds is 2. The summed E-state index contributed by atoms with van der Waals surface area (Å²) in [7, 11) is 0. The highest BCUT2D eigenvalue weighted by molar-refractivity contribution is 5.56. The Morgan fingerprint density at radius 3 is 2.65 bits per heavy atom. The first kappa shape index (κ1) is 11.9. The third kappa shape index (κ3) is 1.98. The first-order chi connectivity index (χ1) is 9.81. The molecule has 0 saturated heterocycles. The van der Waals surface area contributed by atoms with E-state index in [0.29, 0.717) is 23.0 Å². The van der Waals surface area contributed by atoms with Crippen LogP contribution in [0.4, 0.5) is 0 Å². The Hall–Kier alpha value is -3.18. The third-order valence-electron chi connectivity index (χ3n) is 2.83. The van der Waals surface area contributed by atoms with E-state index >= 15 is 0 Å². The van der Waals surface area contributed by atoms with Crippen LogP contribution in [0.15, 0.2) is 36.4 Å². The molecule has 0 aliphatic carbocycles. The van der Waals surface area contributed by atoms with E-state index in [2.05, 4.69) is 0 Å². The highest BCUT2D eigenvalue weighted by Gasteiger charge is 2.15. The summed E-state index contributed by atoms with van der Waals surface area (Å²) in [4.78, 5) is 0. The maximum Gasteiger partial charge on any atom is 0.231 e. The zero-order valence-corrected chi connectivity index (χ0v) is 10.3. The van der Waals surface area contributed by atoms with Crippen LogP contribution in [-0.2, 0) is 0 Å². The molecule has 96 valence electrons. The Labute approximate surface area is 115 Å². The quantitative estimate of drug-likeness (QED) is 0.833. The first-order valence-corrected chi connectivity index (χ1v) is 5.82. The molecule has 1 heterocycles. The number of hydrogen-bond donors (Lipinski definition) is 0. The van der Waals surface area contributed by atoms with Gasteiger partial charge in [0, 0.05) is 6.07 Å². The van der Waals surface area contributed by atoms with Crippen molar-refractivity contribution in [1.29, 1.82) is 10.5 Å². The number of benzene rings is 2. The normalized spacial score (nSPS) is 11.5. The van der Waals surface area contributed by atoms with Gasteiger partial charge >= 0.3 is 0 Å². The van der Waals surface area contributed by atoms with Crippen molar-refractivity contribution in [1.82, 2.24) is 0 Å². The third-order valence-corrected chi connectivity index (χ3v) is 2.83. The minimum absolute atomic E-state index is 0.187. The molecule has 5 nitrogen and oxygen atoms in total. The van der Waals surface area contributed by atoms with E-state index in [1.54, 1.807) is 36.4 Å². The maximum atomic E-state index is 9.14. The maximum absolute atomic E-state index is 9.14. The van der Waals surface area contributed by atoms with Gasteiger partial charge in [-0.3, -0.25) is 0 Å². The van der Waals surface area contributed by atoms with Gasteiger partial charge in [0.1, 0.15) is 29.2 Å². The van der Waals surface area contributed by atoms with Gasteiger partial charge in [-0.15, -0.1) is 0 Å². The van der Waals surface area contributed by atoms with Gasteiger partial charge in [-0.2, -0.15) is 10.5 Å². The van der Waals surface area contributed by atoms with Gasteiger partial charge < -0.3 is 14.2 Å². The van der Waals surface area contributed by atoms with Crippen molar-refractivity contribution in [2.24, 2.45) is 0 Å². The molecule has 2 aromatic rings. The molecule has 0 bridgehead atoms. The van der Waals surface area contributed by atoms with Crippen LogP contribution in [0.3, 0.4) is 0 Å². The molecular formula is C15H8N2O3. The van der Waals surface area contributed by atoms with E-state index in [9.17, 15) is 0 Å². The van der Waals surface area contributed by atoms with Crippen molar-refractivity contribution in [2.75, 3.05) is 6.79 Å². The summed E-state index contributed by atoms with van der Waals surface area (Å²) in [6.07, 6.45) is 0. The van der Waals surface area contributed by atoms with E-state index in [0.717, 1.165) is 0 Å². The van der Waals surface area contributed by atoms with Crippen molar-refractivity contribution >= 4 is 0 Å². The van der Waals surface area contributed by atoms with Crippen molar-refractivity contribution in [3.05, 3.63) is 47.5 Å². The van der Waals surface area contributed by atoms with Gasteiger partial charge in [0.05, 0.1) is 5.56 Å². The molecule has 0 amide bonds. The van der Waals surface area contributed by atoms with Gasteiger partial charge in [0.2, 0.25) is 6.79 Å². The second kappa shape index (κ2) is 4.83. The molecule has 0 fully saturated rings. The Morgan fingerprint density at radius 2 is 1.85 bits per heavy atom. The summed E-state index contributed by atoms with van der Waals surface area (Å²) in [5.74, 6) is 2.10. The van der Waals surface area contributed by atoms with E-state index < -0.39 is 0 Å². The van der Waals surface area contributed by atoms with E-state index in [4.69, 9.17) is 24.7 Å². The summed E-state index contributed by atoms with van der Waals surface area (Å²) in [5, 5.41) is 18.1. The smallest absolute Gasteiger partial charge is 0.231 e. The molecule has 1 aliphatic rings. The Balaban J connectivity index is 1.96. The number of hydrogen-bond acceptors (Lipinski definition) is 5. The lowest BCUT2D eigenvalue weighted by atomic mass is 10.1. The molecule has 1 aliphatic heterocycles. The summed E-state index contributed by atoms with van der Waals surface area (Å²) in [5.41, 5.74) is 0.499. The predicted octanol–water partition coefficient (Wildman–Crippen LogP) is 2.95. The first-order valence-electron chi connectivity index (χ1n) is 5.82. The molecule has 2 aromatic carbocycles. The lowest BCUT2D eigenvalue weighted by Gasteiger charge is -2.08. The molecule has 20 heavy (non-hydrogen) atoms. The average Bonchev–Trinajstić information content (AvgIpc) is 2.94. The Bertz CT molecular complexity index is 757. The molecule has 5 heteroatoms. The fourth-order valence-electron chi connectivity index (χ4n) is 1.89. The van der Waals surface area contributed by atoms with Crippen LogP contribution < -0.4 is 14.2 Å². The minimum Gasteiger partial charge on any atom is -0.456 e. The topological polar surface area (TPSA) is 75.3 Å². The van der Waals surface area contributed by atoms with Crippen LogP contribution in [0, 0.1) is 22.7 Å². The van der Waals surface area contributed by atoms with Crippen molar-refractivity contribution in [3.63, 3.8) is 0 Å². The highest BCUT2D eigenvalue weighted by Crippen LogP contribution is 2.37. The zero-order valence-electron chi connectivity index (χ0n) is 10.3. The van der Waals surface area contributed by atoms with Crippen molar-refractivity contribution < 1.29 is 14.2 Å². The number of nitriles is 2. The van der Waals surface area contributed by atoms with E-state index in [1.807, 2.05) is 12.1 Å². The Morgan fingerprint density at radius 1 is 1.00 bits per heavy atom. The van der Waals surface area contributed by atoms with Crippen molar-refractivity contribution in [2.45, 2.75) is 0 Å². The average molecular weight is 264 g/mol. The summed E-state index contributed by atoms with van der Waals surface area (Å²) >= 11 is 0. The van der Waals surface area contributed by atoms with Gasteiger partial charge in [-0.05, 0) is 24.3 Å². The number of nitrogens with zero attached hydrogens (tertiary/aromatic N) is 2. The Kier molecular flexibility index (Phi) is 2.87. The minimum atomic E-state index is 0.187. The van der Waals surface area contributed by atoms with Gasteiger partial charge in [-0.25, -0.2) is 0 Å². The molecule has 0 saturated carbocycles. The van der Waals surface area contributed by atoms with Crippen LogP contribution >= 0.6 is 0 Å². The monoisotopic (exact) mass is 264 g/mol. The van der Waals surface area contributed by atoms with Gasteiger partial charge in [0.25, 0.3) is 0 Å². The van der Waals surface area contributed by atoms with Crippen LogP contribution in [0.2, 0.25) is 0 Å². The second-order valence-corrected chi connectivity index (χ2v) is 4.02. The lowest BCUT2D eigenvalue weighted by molar-refractivity contribution is 0.174. The molecule has 0 unspecified atom stereocenters. The fourth-order valence-corrected chi connectivity index (χ4v) is 1.89. The summed E-state index contributed by atoms with van der Waals surface area (Å²) in [6.45, 7) is 0.187. The summed E-state index contributed by atoms with van der Waals surface area (Å²) < 4.78 is 16.1. The fraction of sp³-hybridized carbons (Fsp3) is 0.0667. The second-order valence-electron chi connectivity index (χ2n) is 4.02. The molecule has 0 N–H and O–H groups in total. The standard InChI is InChI=1S/C15H8N2O3/c16-7-10-2-1-3-13(12(10)8-17)20-11-4-5-14-15(6-11)19-9-18-14/h1-6H,9H2. The molecule has 0 spiro atoms. The molecule has 0 aromatic heterocycles. The largest absolute Gasteiger partial charge is 0.456 e. The molecule has 3 rings (SSSR count). The van der Waals surface area contributed by atoms with E-state index in [-0.39, 0.29) is 17.9 Å². The summed E-state index contributed by atoms with van der Waals surface area (Å²) in [6, 6.07) is 14.0. The van der Waals surface area contributed by atoms with Gasteiger partial charge in [-0.1, -0.05) is 6.07 Å². The highest BCUT2D eigenvalue weighted by atomic mass is 16.7. The van der Waals surface area contributed by atoms with Crippen LogP contribution in [0.1, 0.15) is 11.1 Å². The zero-order chi connectivity index (χ0) is 13.9. The van der Waals surface area contributed by atoms with Gasteiger partial charge in [0.15, 0.2) is 11.5 Å². The lowest BCUT2D eigenvalue weighted by Crippen LogP contribution is -1.93. The van der Waals surface area contributed by atoms with Crippen LogP contribution in [-0.4, -0.2) is 6.79 Å². The predicted molar refractivity (Wildman–Crippen MR) is 68.5 cm³/mol. The number of fused-ring (bicyclic) bond motifs is 1. The molecular weight excluding hydrogens is 256 g/mol. The van der Waals surface area contributed by atoms with E-state index in [1.165, 1.54) is 0 Å².